The van der Waals surface area contributed by atoms with Crippen LogP contribution in [0.25, 0.3) is 0 Å². The van der Waals surface area contributed by atoms with E-state index in [1.807, 2.05) is 18.2 Å². The molecule has 5 nitrogen and oxygen atoms in total. The van der Waals surface area contributed by atoms with Crippen LogP contribution in [0.5, 0.6) is 11.5 Å². The fourth-order valence-corrected chi connectivity index (χ4v) is 2.81. The number of ether oxygens (including phenoxy) is 2. The molecule has 1 heterocycles. The summed E-state index contributed by atoms with van der Waals surface area (Å²) in [5.74, 6) is 2.31. The molecule has 0 unspecified atom stereocenters. The van der Waals surface area contributed by atoms with Crippen LogP contribution in [0.3, 0.4) is 0 Å². The topological polar surface area (TPSA) is 54.9 Å². The molecule has 0 aliphatic rings. The summed E-state index contributed by atoms with van der Waals surface area (Å²) in [6.07, 6.45) is 0.875. The zero-order valence-electron chi connectivity index (χ0n) is 14.2. The van der Waals surface area contributed by atoms with Gasteiger partial charge in [-0.15, -0.1) is 35.3 Å². The molecule has 2 aromatic rings. The Balaban J connectivity index is 0.00000288. The first-order valence-corrected chi connectivity index (χ1v) is 8.32. The predicted octanol–water partition coefficient (Wildman–Crippen LogP) is 3.29. The van der Waals surface area contributed by atoms with Gasteiger partial charge in [0.05, 0.1) is 20.8 Å². The molecule has 2 rings (SSSR count). The Labute approximate surface area is 164 Å². The molecule has 0 amide bonds. The van der Waals surface area contributed by atoms with Crippen molar-refractivity contribution in [3.8, 4) is 11.5 Å². The van der Waals surface area contributed by atoms with E-state index in [-0.39, 0.29) is 24.0 Å². The van der Waals surface area contributed by atoms with Crippen LogP contribution in [0.4, 0.5) is 0 Å². The first-order chi connectivity index (χ1) is 11.3. The van der Waals surface area contributed by atoms with E-state index < -0.39 is 0 Å². The number of nitrogens with zero attached hydrogens (tertiary/aromatic N) is 1. The third-order valence-corrected chi connectivity index (χ3v) is 4.26. The second-order valence-electron chi connectivity index (χ2n) is 4.87. The summed E-state index contributed by atoms with van der Waals surface area (Å²) in [5.41, 5.74) is 1.18. The van der Waals surface area contributed by atoms with Crippen LogP contribution in [0, 0.1) is 0 Å². The van der Waals surface area contributed by atoms with Gasteiger partial charge in [0.25, 0.3) is 0 Å². The lowest BCUT2D eigenvalue weighted by Gasteiger charge is -2.12. The van der Waals surface area contributed by atoms with Crippen LogP contribution in [0.2, 0.25) is 0 Å². The van der Waals surface area contributed by atoms with Crippen LogP contribution in [0.15, 0.2) is 40.7 Å². The molecule has 132 valence electrons. The van der Waals surface area contributed by atoms with E-state index in [1.165, 1.54) is 10.4 Å². The van der Waals surface area contributed by atoms with E-state index in [1.54, 1.807) is 32.6 Å². The molecular formula is C17H24IN3O2S. The van der Waals surface area contributed by atoms with Crippen molar-refractivity contribution in [1.29, 1.82) is 0 Å². The summed E-state index contributed by atoms with van der Waals surface area (Å²) in [4.78, 5) is 5.52. The van der Waals surface area contributed by atoms with Crippen molar-refractivity contribution in [3.05, 3.63) is 46.2 Å². The van der Waals surface area contributed by atoms with E-state index >= 15 is 0 Å². The minimum atomic E-state index is 0. The van der Waals surface area contributed by atoms with Crippen molar-refractivity contribution < 1.29 is 9.47 Å². The van der Waals surface area contributed by atoms with Gasteiger partial charge in [0.1, 0.15) is 0 Å². The van der Waals surface area contributed by atoms with Gasteiger partial charge < -0.3 is 20.1 Å². The highest BCUT2D eigenvalue weighted by Crippen LogP contribution is 2.27. The highest BCUT2D eigenvalue weighted by atomic mass is 127. The fourth-order valence-electron chi connectivity index (χ4n) is 2.17. The number of halogens is 1. The average Bonchev–Trinajstić information content (AvgIpc) is 3.11. The van der Waals surface area contributed by atoms with E-state index in [9.17, 15) is 0 Å². The van der Waals surface area contributed by atoms with Crippen molar-refractivity contribution >= 4 is 41.3 Å². The summed E-state index contributed by atoms with van der Waals surface area (Å²) < 4.78 is 10.6. The van der Waals surface area contributed by atoms with Gasteiger partial charge in [0, 0.05) is 18.5 Å². The number of rotatable bonds is 7. The molecule has 1 aromatic carbocycles. The normalized spacial score (nSPS) is 10.7. The van der Waals surface area contributed by atoms with Crippen molar-refractivity contribution in [2.75, 3.05) is 27.8 Å². The first-order valence-electron chi connectivity index (χ1n) is 7.44. The Morgan fingerprint density at radius 2 is 1.92 bits per heavy atom. The highest BCUT2D eigenvalue weighted by molar-refractivity contribution is 14.0. The number of thiophene rings is 1. The van der Waals surface area contributed by atoms with Gasteiger partial charge in [-0.05, 0) is 35.6 Å². The molecule has 24 heavy (non-hydrogen) atoms. The maximum Gasteiger partial charge on any atom is 0.191 e. The summed E-state index contributed by atoms with van der Waals surface area (Å²) in [5, 5.41) is 8.70. The fraction of sp³-hybridized carbons (Fsp3) is 0.353. The van der Waals surface area contributed by atoms with Gasteiger partial charge in [-0.1, -0.05) is 12.1 Å². The van der Waals surface area contributed by atoms with E-state index in [0.29, 0.717) is 0 Å². The lowest BCUT2D eigenvalue weighted by molar-refractivity contribution is 0.354. The smallest absolute Gasteiger partial charge is 0.191 e. The quantitative estimate of drug-likeness (QED) is 0.378. The van der Waals surface area contributed by atoms with Crippen molar-refractivity contribution in [2.45, 2.75) is 13.0 Å². The Morgan fingerprint density at radius 3 is 2.54 bits per heavy atom. The zero-order valence-corrected chi connectivity index (χ0v) is 17.3. The summed E-state index contributed by atoms with van der Waals surface area (Å²) in [7, 11) is 5.07. The van der Waals surface area contributed by atoms with E-state index in [4.69, 9.17) is 9.47 Å². The molecule has 2 N–H and O–H groups in total. The number of hydrogen-bond acceptors (Lipinski definition) is 4. The molecule has 0 fully saturated rings. The number of aliphatic imine (C=N–C) groups is 1. The molecule has 7 heteroatoms. The number of methoxy groups -OCH3 is 2. The van der Waals surface area contributed by atoms with E-state index in [2.05, 4.69) is 33.1 Å². The minimum absolute atomic E-state index is 0. The van der Waals surface area contributed by atoms with E-state index in [0.717, 1.165) is 37.0 Å². The van der Waals surface area contributed by atoms with Crippen molar-refractivity contribution in [1.82, 2.24) is 10.6 Å². The van der Waals surface area contributed by atoms with Crippen LogP contribution >= 0.6 is 35.3 Å². The third kappa shape index (κ3) is 6.20. The highest BCUT2D eigenvalue weighted by Gasteiger charge is 2.05. The maximum absolute atomic E-state index is 5.33. The number of guanidine groups is 1. The predicted molar refractivity (Wildman–Crippen MR) is 111 cm³/mol. The molecule has 0 saturated heterocycles. The van der Waals surface area contributed by atoms with Crippen LogP contribution in [0.1, 0.15) is 10.4 Å². The molecule has 0 aliphatic heterocycles. The molecule has 0 radical (unpaired) electrons. The van der Waals surface area contributed by atoms with Gasteiger partial charge in [-0.2, -0.15) is 0 Å². The first kappa shape index (κ1) is 20.6. The van der Waals surface area contributed by atoms with Crippen molar-refractivity contribution in [3.63, 3.8) is 0 Å². The molecular weight excluding hydrogens is 437 g/mol. The average molecular weight is 461 g/mol. The summed E-state index contributed by atoms with van der Waals surface area (Å²) in [6, 6.07) is 10.1. The number of hydrogen-bond donors (Lipinski definition) is 2. The van der Waals surface area contributed by atoms with Crippen LogP contribution in [-0.4, -0.2) is 33.8 Å². The van der Waals surface area contributed by atoms with Crippen molar-refractivity contribution in [2.24, 2.45) is 4.99 Å². The molecule has 0 saturated carbocycles. The van der Waals surface area contributed by atoms with Gasteiger partial charge in [0.15, 0.2) is 17.5 Å². The Morgan fingerprint density at radius 1 is 1.12 bits per heavy atom. The molecule has 1 aromatic heterocycles. The third-order valence-electron chi connectivity index (χ3n) is 3.39. The summed E-state index contributed by atoms with van der Waals surface area (Å²) in [6.45, 7) is 1.58. The SMILES string of the molecule is CN=C(NCCc1ccc(OC)c(OC)c1)NCc1cccs1.I. The molecule has 0 spiro atoms. The van der Waals surface area contributed by atoms with Gasteiger partial charge in [-0.3, -0.25) is 4.99 Å². The second-order valence-corrected chi connectivity index (χ2v) is 5.90. The van der Waals surface area contributed by atoms with Gasteiger partial charge >= 0.3 is 0 Å². The van der Waals surface area contributed by atoms with Crippen LogP contribution in [-0.2, 0) is 13.0 Å². The lowest BCUT2D eigenvalue weighted by Crippen LogP contribution is -2.37. The minimum Gasteiger partial charge on any atom is -0.493 e. The largest absolute Gasteiger partial charge is 0.493 e. The monoisotopic (exact) mass is 461 g/mol. The Bertz CT molecular complexity index is 633. The molecule has 0 bridgehead atoms. The molecule has 0 atom stereocenters. The van der Waals surface area contributed by atoms with Gasteiger partial charge in [0.2, 0.25) is 0 Å². The lowest BCUT2D eigenvalue weighted by atomic mass is 10.1. The Kier molecular flexibility index (Phi) is 9.55. The standard InChI is InChI=1S/C17H23N3O2S.HI/c1-18-17(20-12-14-5-4-10-23-14)19-9-8-13-6-7-15(21-2)16(11-13)22-3;/h4-7,10-11H,8-9,12H2,1-3H3,(H2,18,19,20);1H. The second kappa shape index (κ2) is 11.1. The number of benzene rings is 1. The molecule has 0 aliphatic carbocycles. The zero-order chi connectivity index (χ0) is 16.5. The van der Waals surface area contributed by atoms with Crippen LogP contribution < -0.4 is 20.1 Å². The summed E-state index contributed by atoms with van der Waals surface area (Å²) >= 11 is 1.73. The van der Waals surface area contributed by atoms with Gasteiger partial charge in [-0.25, -0.2) is 0 Å². The maximum atomic E-state index is 5.33. The Hall–Kier alpha value is -1.48. The number of nitrogens with one attached hydrogen (secondary N) is 2.